The summed E-state index contributed by atoms with van der Waals surface area (Å²) < 4.78 is 31.7. The minimum atomic E-state index is -5.08. The van der Waals surface area contributed by atoms with Gasteiger partial charge >= 0.3 is 12.1 Å². The first kappa shape index (κ1) is 27.1. The molecule has 9 heteroatoms. The van der Waals surface area contributed by atoms with Crippen molar-refractivity contribution in [1.29, 1.82) is 5.26 Å². The molecule has 0 aliphatic rings. The van der Waals surface area contributed by atoms with Gasteiger partial charge in [-0.25, -0.2) is 4.79 Å². The van der Waals surface area contributed by atoms with Crippen LogP contribution in [0.2, 0.25) is 0 Å². The van der Waals surface area contributed by atoms with Crippen molar-refractivity contribution >= 4 is 17.6 Å². The molecule has 0 heterocycles. The van der Waals surface area contributed by atoms with Crippen molar-refractivity contribution < 1.29 is 27.9 Å². The Kier molecular flexibility index (Phi) is 9.55. The van der Waals surface area contributed by atoms with Crippen molar-refractivity contribution in [1.82, 2.24) is 5.32 Å². The number of hydrogen-bond acceptors (Lipinski definition) is 4. The fourth-order valence-electron chi connectivity index (χ4n) is 2.89. The lowest BCUT2D eigenvalue weighted by Gasteiger charge is -2.11. The van der Waals surface area contributed by atoms with Crippen LogP contribution in [0.4, 0.5) is 18.9 Å². The third-order valence-electron chi connectivity index (χ3n) is 4.59. The highest BCUT2D eigenvalue weighted by atomic mass is 19.4. The number of nitrogens with one attached hydrogen (secondary N) is 2. The monoisotopic (exact) mass is 483 g/mol. The van der Waals surface area contributed by atoms with E-state index in [9.17, 15) is 18.0 Å². The Morgan fingerprint density at radius 3 is 2.17 bits per heavy atom. The summed E-state index contributed by atoms with van der Waals surface area (Å²) in [7, 11) is 0. The number of anilines is 1. The molecule has 0 aliphatic carbocycles. The van der Waals surface area contributed by atoms with Crippen LogP contribution in [-0.4, -0.2) is 29.2 Å². The van der Waals surface area contributed by atoms with E-state index in [2.05, 4.69) is 48.7 Å². The van der Waals surface area contributed by atoms with Crippen LogP contribution in [-0.2, 0) is 11.3 Å². The summed E-state index contributed by atoms with van der Waals surface area (Å²) in [6.45, 7) is 5.07. The van der Waals surface area contributed by atoms with Gasteiger partial charge in [0.15, 0.2) is 0 Å². The van der Waals surface area contributed by atoms with Gasteiger partial charge < -0.3 is 15.7 Å². The Labute approximate surface area is 201 Å². The summed E-state index contributed by atoms with van der Waals surface area (Å²) in [4.78, 5) is 21.4. The van der Waals surface area contributed by atoms with E-state index < -0.39 is 12.1 Å². The number of halogens is 3. The van der Waals surface area contributed by atoms with E-state index in [1.807, 2.05) is 30.3 Å². The number of carbonyl (C=O) groups excluding carboxylic acids is 1. The molecule has 182 valence electrons. The van der Waals surface area contributed by atoms with Gasteiger partial charge in [-0.05, 0) is 53.1 Å². The van der Waals surface area contributed by atoms with Crippen LogP contribution < -0.4 is 10.6 Å². The number of benzene rings is 3. The normalized spacial score (nSPS) is 10.7. The average Bonchev–Trinajstić information content (AvgIpc) is 2.83. The molecule has 3 aromatic carbocycles. The molecule has 0 spiro atoms. The summed E-state index contributed by atoms with van der Waals surface area (Å²) in [5.41, 5.74) is 5.00. The fourth-order valence-corrected chi connectivity index (χ4v) is 2.89. The third kappa shape index (κ3) is 8.95. The number of nitriles is 1. The molecule has 0 atom stereocenters. The van der Waals surface area contributed by atoms with Crippen molar-refractivity contribution in [2.45, 2.75) is 32.6 Å². The number of alkyl halides is 3. The molecule has 0 fully saturated rings. The topological polar surface area (TPSA) is 102 Å². The Bertz CT molecular complexity index is 1220. The zero-order valence-electron chi connectivity index (χ0n) is 19.1. The van der Waals surface area contributed by atoms with Crippen molar-refractivity contribution in [3.63, 3.8) is 0 Å². The fraction of sp³-hybridized carbons (Fsp3) is 0.192. The number of amides is 1. The third-order valence-corrected chi connectivity index (χ3v) is 4.59. The van der Waals surface area contributed by atoms with E-state index in [0.717, 1.165) is 23.4 Å². The zero-order valence-corrected chi connectivity index (χ0v) is 19.1. The maximum absolute atomic E-state index is 12.5. The first-order chi connectivity index (χ1) is 16.5. The summed E-state index contributed by atoms with van der Waals surface area (Å²) in [5, 5.41) is 22.5. The molecule has 3 N–H and O–H groups in total. The van der Waals surface area contributed by atoms with E-state index in [-0.39, 0.29) is 5.91 Å². The van der Waals surface area contributed by atoms with E-state index in [4.69, 9.17) is 15.2 Å². The van der Waals surface area contributed by atoms with Gasteiger partial charge in [-0.3, -0.25) is 4.79 Å². The molecular formula is C26H24F3N3O3. The van der Waals surface area contributed by atoms with Crippen LogP contribution in [0.15, 0.2) is 72.8 Å². The largest absolute Gasteiger partial charge is 0.490 e. The van der Waals surface area contributed by atoms with Crippen LogP contribution in [0.5, 0.6) is 0 Å². The SMILES string of the molecule is CC(C)NCc1cccc(-c2cccc(NC(=O)c3cccc(C#N)c3)c2)c1.O=C(O)C(F)(F)F. The molecule has 35 heavy (non-hydrogen) atoms. The van der Waals surface area contributed by atoms with Crippen molar-refractivity contribution in [2.24, 2.45) is 0 Å². The molecule has 0 aromatic heterocycles. The standard InChI is InChI=1S/C24H23N3O.C2HF3O2/c1-17(2)26-16-19-7-4-8-20(13-19)21-9-5-11-23(14-21)27-24(28)22-10-3-6-18(12-22)15-25;3-2(4,5)1(6)7/h3-14,17,26H,16H2,1-2H3,(H,27,28);(H,6,7). The molecule has 6 nitrogen and oxygen atoms in total. The summed E-state index contributed by atoms with van der Waals surface area (Å²) in [6.07, 6.45) is -5.08. The number of carboxylic acids is 1. The number of hydrogen-bond donors (Lipinski definition) is 3. The predicted octanol–water partition coefficient (Wildman–Crippen LogP) is 5.61. The van der Waals surface area contributed by atoms with Crippen LogP contribution in [0.1, 0.15) is 35.3 Å². The van der Waals surface area contributed by atoms with E-state index in [0.29, 0.717) is 17.2 Å². The van der Waals surface area contributed by atoms with Gasteiger partial charge in [-0.1, -0.05) is 50.2 Å². The van der Waals surface area contributed by atoms with Gasteiger partial charge in [0, 0.05) is 23.8 Å². The number of rotatable bonds is 6. The number of aliphatic carboxylic acids is 1. The molecule has 0 bridgehead atoms. The molecule has 0 unspecified atom stereocenters. The van der Waals surface area contributed by atoms with Gasteiger partial charge in [0.1, 0.15) is 0 Å². The highest BCUT2D eigenvalue weighted by Gasteiger charge is 2.38. The number of nitrogens with zero attached hydrogens (tertiary/aromatic N) is 1. The molecule has 0 saturated heterocycles. The molecule has 3 rings (SSSR count). The Hall–Kier alpha value is -4.16. The van der Waals surface area contributed by atoms with Crippen LogP contribution in [0, 0.1) is 11.3 Å². The second-order valence-electron chi connectivity index (χ2n) is 7.77. The van der Waals surface area contributed by atoms with Crippen LogP contribution >= 0.6 is 0 Å². The molecule has 0 aliphatic heterocycles. The van der Waals surface area contributed by atoms with E-state index >= 15 is 0 Å². The second-order valence-corrected chi connectivity index (χ2v) is 7.77. The average molecular weight is 483 g/mol. The highest BCUT2D eigenvalue weighted by Crippen LogP contribution is 2.24. The van der Waals surface area contributed by atoms with Gasteiger partial charge in [-0.2, -0.15) is 18.4 Å². The number of carbonyl (C=O) groups is 2. The van der Waals surface area contributed by atoms with Crippen molar-refractivity contribution in [3.8, 4) is 17.2 Å². The minimum absolute atomic E-state index is 0.232. The maximum Gasteiger partial charge on any atom is 0.490 e. The highest BCUT2D eigenvalue weighted by molar-refractivity contribution is 6.04. The van der Waals surface area contributed by atoms with E-state index in [1.54, 1.807) is 24.3 Å². The minimum Gasteiger partial charge on any atom is -0.475 e. The lowest BCUT2D eigenvalue weighted by Crippen LogP contribution is -2.21. The van der Waals surface area contributed by atoms with Gasteiger partial charge in [-0.15, -0.1) is 0 Å². The molecule has 3 aromatic rings. The molecule has 0 saturated carbocycles. The Morgan fingerprint density at radius 1 is 0.971 bits per heavy atom. The maximum atomic E-state index is 12.5. The first-order valence-electron chi connectivity index (χ1n) is 10.5. The molecule has 1 amide bonds. The van der Waals surface area contributed by atoms with Crippen LogP contribution in [0.25, 0.3) is 11.1 Å². The quantitative estimate of drug-likeness (QED) is 0.423. The Balaban J connectivity index is 0.000000540. The van der Waals surface area contributed by atoms with E-state index in [1.165, 1.54) is 5.56 Å². The smallest absolute Gasteiger partial charge is 0.475 e. The summed E-state index contributed by atoms with van der Waals surface area (Å²) in [6, 6.07) is 25.3. The van der Waals surface area contributed by atoms with Crippen LogP contribution in [0.3, 0.4) is 0 Å². The summed E-state index contributed by atoms with van der Waals surface area (Å²) in [5.74, 6) is -2.99. The van der Waals surface area contributed by atoms with Gasteiger partial charge in [0.05, 0.1) is 11.6 Å². The van der Waals surface area contributed by atoms with Gasteiger partial charge in [0.2, 0.25) is 0 Å². The summed E-state index contributed by atoms with van der Waals surface area (Å²) >= 11 is 0. The Morgan fingerprint density at radius 2 is 1.57 bits per heavy atom. The first-order valence-corrected chi connectivity index (χ1v) is 10.5. The van der Waals surface area contributed by atoms with Crippen molar-refractivity contribution in [3.05, 3.63) is 89.5 Å². The number of carboxylic acid groups (broad SMARTS) is 1. The zero-order chi connectivity index (χ0) is 26.0. The predicted molar refractivity (Wildman–Crippen MR) is 127 cm³/mol. The van der Waals surface area contributed by atoms with Gasteiger partial charge in [0.25, 0.3) is 5.91 Å². The lowest BCUT2D eigenvalue weighted by atomic mass is 10.0. The lowest BCUT2D eigenvalue weighted by molar-refractivity contribution is -0.192. The van der Waals surface area contributed by atoms with Crippen molar-refractivity contribution in [2.75, 3.05) is 5.32 Å². The molecule has 0 radical (unpaired) electrons. The molecular weight excluding hydrogens is 459 g/mol. The second kappa shape index (κ2) is 12.3.